The first-order valence-corrected chi connectivity index (χ1v) is 10.2. The van der Waals surface area contributed by atoms with Gasteiger partial charge in [0.2, 0.25) is 0 Å². The second-order valence-electron chi connectivity index (χ2n) is 7.94. The van der Waals surface area contributed by atoms with E-state index in [9.17, 15) is 4.79 Å². The van der Waals surface area contributed by atoms with Gasteiger partial charge in [0.05, 0.1) is 23.0 Å². The number of likely N-dealkylation sites (tertiary alicyclic amines) is 1. The van der Waals surface area contributed by atoms with Crippen molar-refractivity contribution in [3.05, 3.63) is 47.3 Å². The fourth-order valence-corrected chi connectivity index (χ4v) is 4.09. The van der Waals surface area contributed by atoms with Gasteiger partial charge in [0.15, 0.2) is 0 Å². The summed E-state index contributed by atoms with van der Waals surface area (Å²) >= 11 is 0. The molecule has 5 nitrogen and oxygen atoms in total. The fraction of sp³-hybridized carbons (Fsp3) is 0.435. The summed E-state index contributed by atoms with van der Waals surface area (Å²) in [6, 6.07) is 6.38. The highest BCUT2D eigenvalue weighted by Crippen LogP contribution is 2.30. The van der Waals surface area contributed by atoms with E-state index in [0.29, 0.717) is 0 Å². The van der Waals surface area contributed by atoms with Crippen molar-refractivity contribution in [1.82, 2.24) is 19.7 Å². The SMILES string of the molecule is CCCn1cc(-c2cc(C(=O)N3CCC[C@H]3C)c3ccc(C)c(C)c3n2)cn1. The predicted molar refractivity (Wildman–Crippen MR) is 112 cm³/mol. The van der Waals surface area contributed by atoms with Crippen molar-refractivity contribution in [2.24, 2.45) is 0 Å². The summed E-state index contributed by atoms with van der Waals surface area (Å²) in [6.07, 6.45) is 7.05. The fourth-order valence-electron chi connectivity index (χ4n) is 4.09. The van der Waals surface area contributed by atoms with Crippen LogP contribution >= 0.6 is 0 Å². The minimum Gasteiger partial charge on any atom is -0.336 e. The van der Waals surface area contributed by atoms with Crippen LogP contribution in [0.3, 0.4) is 0 Å². The van der Waals surface area contributed by atoms with E-state index < -0.39 is 0 Å². The van der Waals surface area contributed by atoms with E-state index in [4.69, 9.17) is 4.98 Å². The van der Waals surface area contributed by atoms with Gasteiger partial charge in [-0.2, -0.15) is 5.10 Å². The third-order valence-electron chi connectivity index (χ3n) is 5.93. The number of aromatic nitrogens is 3. The number of benzene rings is 1. The number of carbonyl (C=O) groups is 1. The van der Waals surface area contributed by atoms with Gasteiger partial charge < -0.3 is 4.90 Å². The van der Waals surface area contributed by atoms with Gasteiger partial charge in [-0.3, -0.25) is 9.48 Å². The van der Waals surface area contributed by atoms with Gasteiger partial charge in [-0.25, -0.2) is 4.98 Å². The lowest BCUT2D eigenvalue weighted by Crippen LogP contribution is -2.33. The standard InChI is InChI=1S/C23H28N4O/c1-5-10-26-14-18(13-24-26)21-12-20(23(28)27-11-6-7-16(27)3)19-9-8-15(2)17(4)22(19)25-21/h8-9,12-14,16H,5-7,10-11H2,1-4H3/t16-/m1/s1. The molecule has 146 valence electrons. The van der Waals surface area contributed by atoms with E-state index >= 15 is 0 Å². The van der Waals surface area contributed by atoms with Crippen LogP contribution in [-0.4, -0.2) is 38.2 Å². The number of hydrogen-bond donors (Lipinski definition) is 0. The molecule has 0 unspecified atom stereocenters. The zero-order chi connectivity index (χ0) is 19.8. The van der Waals surface area contributed by atoms with Gasteiger partial charge in [0, 0.05) is 36.3 Å². The second kappa shape index (κ2) is 7.38. The molecule has 5 heteroatoms. The van der Waals surface area contributed by atoms with Crippen LogP contribution in [0, 0.1) is 13.8 Å². The Morgan fingerprint density at radius 2 is 2.11 bits per heavy atom. The van der Waals surface area contributed by atoms with E-state index in [2.05, 4.69) is 38.9 Å². The molecule has 1 aliphatic rings. The molecule has 3 aromatic rings. The first-order valence-electron chi connectivity index (χ1n) is 10.2. The first-order chi connectivity index (χ1) is 13.5. The van der Waals surface area contributed by atoms with Gasteiger partial charge >= 0.3 is 0 Å². The van der Waals surface area contributed by atoms with E-state index in [1.807, 2.05) is 34.1 Å². The molecule has 3 heterocycles. The normalized spacial score (nSPS) is 16.9. The van der Waals surface area contributed by atoms with Crippen molar-refractivity contribution in [2.75, 3.05) is 6.54 Å². The lowest BCUT2D eigenvalue weighted by atomic mass is 9.99. The van der Waals surface area contributed by atoms with Crippen LogP contribution in [-0.2, 0) is 6.54 Å². The van der Waals surface area contributed by atoms with E-state index in [-0.39, 0.29) is 11.9 Å². The zero-order valence-electron chi connectivity index (χ0n) is 17.2. The van der Waals surface area contributed by atoms with Gasteiger partial charge in [0.25, 0.3) is 5.91 Å². The molecule has 1 amide bonds. The number of carbonyl (C=O) groups excluding carboxylic acids is 1. The molecule has 0 spiro atoms. The highest BCUT2D eigenvalue weighted by Gasteiger charge is 2.28. The van der Waals surface area contributed by atoms with Crippen molar-refractivity contribution in [1.29, 1.82) is 0 Å². The lowest BCUT2D eigenvalue weighted by Gasteiger charge is -2.23. The summed E-state index contributed by atoms with van der Waals surface area (Å²) in [5.41, 5.74) is 5.75. The average molecular weight is 377 g/mol. The van der Waals surface area contributed by atoms with Crippen molar-refractivity contribution in [3.63, 3.8) is 0 Å². The third kappa shape index (κ3) is 3.19. The Labute approximate surface area is 166 Å². The van der Waals surface area contributed by atoms with Crippen LogP contribution in [0.25, 0.3) is 22.2 Å². The Hall–Kier alpha value is -2.69. The van der Waals surface area contributed by atoms with Crippen molar-refractivity contribution >= 4 is 16.8 Å². The second-order valence-corrected chi connectivity index (χ2v) is 7.94. The van der Waals surface area contributed by atoms with Crippen LogP contribution in [0.2, 0.25) is 0 Å². The van der Waals surface area contributed by atoms with Crippen LogP contribution < -0.4 is 0 Å². The minimum atomic E-state index is 0.114. The van der Waals surface area contributed by atoms with E-state index in [0.717, 1.165) is 65.6 Å². The summed E-state index contributed by atoms with van der Waals surface area (Å²) in [5, 5.41) is 5.39. The molecule has 1 fully saturated rings. The molecular formula is C23H28N4O. The van der Waals surface area contributed by atoms with E-state index in [1.54, 1.807) is 0 Å². The van der Waals surface area contributed by atoms with Crippen molar-refractivity contribution < 1.29 is 4.79 Å². The van der Waals surface area contributed by atoms with Crippen LogP contribution in [0.4, 0.5) is 0 Å². The maximum absolute atomic E-state index is 13.4. The summed E-state index contributed by atoms with van der Waals surface area (Å²) < 4.78 is 1.94. The molecule has 0 bridgehead atoms. The molecule has 0 aliphatic carbocycles. The third-order valence-corrected chi connectivity index (χ3v) is 5.93. The Morgan fingerprint density at radius 1 is 1.29 bits per heavy atom. The Bertz CT molecular complexity index is 1040. The Kier molecular flexibility index (Phi) is 4.92. The lowest BCUT2D eigenvalue weighted by molar-refractivity contribution is 0.0749. The largest absolute Gasteiger partial charge is 0.336 e. The van der Waals surface area contributed by atoms with Gasteiger partial charge in [-0.1, -0.05) is 19.1 Å². The molecule has 1 aliphatic heterocycles. The summed E-state index contributed by atoms with van der Waals surface area (Å²) in [7, 11) is 0. The Balaban J connectivity index is 1.89. The first kappa shape index (κ1) is 18.7. The van der Waals surface area contributed by atoms with Crippen molar-refractivity contribution in [2.45, 2.75) is 59.5 Å². The van der Waals surface area contributed by atoms with Crippen LogP contribution in [0.1, 0.15) is 54.6 Å². The summed E-state index contributed by atoms with van der Waals surface area (Å²) in [4.78, 5) is 20.4. The molecule has 0 N–H and O–H groups in total. The molecule has 1 atom stereocenters. The van der Waals surface area contributed by atoms with Gasteiger partial charge in [0.1, 0.15) is 0 Å². The molecule has 1 aromatic carbocycles. The maximum Gasteiger partial charge on any atom is 0.254 e. The quantitative estimate of drug-likeness (QED) is 0.660. The number of nitrogens with zero attached hydrogens (tertiary/aromatic N) is 4. The number of pyridine rings is 1. The molecule has 28 heavy (non-hydrogen) atoms. The highest BCUT2D eigenvalue weighted by atomic mass is 16.2. The topological polar surface area (TPSA) is 51.0 Å². The van der Waals surface area contributed by atoms with Crippen LogP contribution in [0.15, 0.2) is 30.6 Å². The molecule has 0 radical (unpaired) electrons. The minimum absolute atomic E-state index is 0.114. The van der Waals surface area contributed by atoms with E-state index in [1.165, 1.54) is 5.56 Å². The van der Waals surface area contributed by atoms with Gasteiger partial charge in [-0.15, -0.1) is 0 Å². The molecular weight excluding hydrogens is 348 g/mol. The summed E-state index contributed by atoms with van der Waals surface area (Å²) in [6.45, 7) is 10.2. The monoisotopic (exact) mass is 376 g/mol. The highest BCUT2D eigenvalue weighted by molar-refractivity contribution is 6.08. The number of amides is 1. The number of fused-ring (bicyclic) bond motifs is 1. The molecule has 0 saturated carbocycles. The zero-order valence-corrected chi connectivity index (χ0v) is 17.2. The summed E-state index contributed by atoms with van der Waals surface area (Å²) in [5.74, 6) is 0.114. The smallest absolute Gasteiger partial charge is 0.254 e. The predicted octanol–water partition coefficient (Wildman–Crippen LogP) is 4.75. The molecule has 2 aromatic heterocycles. The average Bonchev–Trinajstić information content (AvgIpc) is 3.33. The molecule has 4 rings (SSSR count). The van der Waals surface area contributed by atoms with Crippen LogP contribution in [0.5, 0.6) is 0 Å². The molecule has 1 saturated heterocycles. The number of aryl methyl sites for hydroxylation is 3. The van der Waals surface area contributed by atoms with Crippen molar-refractivity contribution in [3.8, 4) is 11.3 Å². The number of rotatable bonds is 4. The van der Waals surface area contributed by atoms with Gasteiger partial charge in [-0.05, 0) is 57.2 Å². The maximum atomic E-state index is 13.4. The number of hydrogen-bond acceptors (Lipinski definition) is 3. The Morgan fingerprint density at radius 3 is 2.82 bits per heavy atom.